The molecule has 0 radical (unpaired) electrons. The van der Waals surface area contributed by atoms with E-state index in [1.54, 1.807) is 6.07 Å². The van der Waals surface area contributed by atoms with E-state index in [4.69, 9.17) is 16.3 Å². The number of rotatable bonds is 2. The second-order valence-corrected chi connectivity index (χ2v) is 7.32. The zero-order valence-electron chi connectivity index (χ0n) is 12.8. The maximum Gasteiger partial charge on any atom is 0.145 e. The first-order valence-corrected chi connectivity index (χ1v) is 7.35. The summed E-state index contributed by atoms with van der Waals surface area (Å²) in [5.74, 6) is 0.115. The molecule has 1 aliphatic heterocycles. The summed E-state index contributed by atoms with van der Waals surface area (Å²) in [6, 6.07) is 4.63. The standard InChI is InChI=1S/C16H23ClFNO/c1-15(2)9-12(10-16(3,4)19(15)5)20-11-6-7-13(17)14(18)8-11/h6-8,12H,9-10H2,1-5H3. The van der Waals surface area contributed by atoms with Crippen LogP contribution >= 0.6 is 11.6 Å². The third-order valence-corrected chi connectivity index (χ3v) is 4.77. The molecule has 1 heterocycles. The molecule has 1 aromatic carbocycles. The predicted molar refractivity (Wildman–Crippen MR) is 81.0 cm³/mol. The van der Waals surface area contributed by atoms with Crippen LogP contribution < -0.4 is 4.74 Å². The molecule has 1 saturated heterocycles. The van der Waals surface area contributed by atoms with Crippen molar-refractivity contribution in [2.75, 3.05) is 7.05 Å². The SMILES string of the molecule is CN1C(C)(C)CC(Oc2ccc(Cl)c(F)c2)CC1(C)C. The first-order valence-electron chi connectivity index (χ1n) is 6.97. The van der Waals surface area contributed by atoms with E-state index in [1.165, 1.54) is 12.1 Å². The molecule has 0 amide bonds. The molecule has 2 nitrogen and oxygen atoms in total. The lowest BCUT2D eigenvalue weighted by atomic mass is 9.79. The average molecular weight is 300 g/mol. The zero-order chi connectivity index (χ0) is 15.1. The van der Waals surface area contributed by atoms with E-state index in [9.17, 15) is 4.39 Å². The minimum atomic E-state index is -0.435. The number of likely N-dealkylation sites (tertiary alicyclic amines) is 1. The van der Waals surface area contributed by atoms with Crippen molar-refractivity contribution in [1.82, 2.24) is 4.90 Å². The Morgan fingerprint density at radius 1 is 1.20 bits per heavy atom. The Morgan fingerprint density at radius 3 is 2.25 bits per heavy atom. The van der Waals surface area contributed by atoms with Gasteiger partial charge < -0.3 is 4.74 Å². The van der Waals surface area contributed by atoms with Gasteiger partial charge in [-0.05, 0) is 46.9 Å². The van der Waals surface area contributed by atoms with Gasteiger partial charge in [-0.15, -0.1) is 0 Å². The number of hydrogen-bond acceptors (Lipinski definition) is 2. The van der Waals surface area contributed by atoms with Gasteiger partial charge in [0, 0.05) is 30.0 Å². The summed E-state index contributed by atoms with van der Waals surface area (Å²) in [4.78, 5) is 2.39. The van der Waals surface area contributed by atoms with Gasteiger partial charge in [0.05, 0.1) is 5.02 Å². The summed E-state index contributed by atoms with van der Waals surface area (Å²) >= 11 is 5.70. The van der Waals surface area contributed by atoms with Crippen LogP contribution in [-0.2, 0) is 0 Å². The van der Waals surface area contributed by atoms with Crippen LogP contribution in [0.3, 0.4) is 0 Å². The Bertz CT molecular complexity index is 483. The van der Waals surface area contributed by atoms with Crippen molar-refractivity contribution in [1.29, 1.82) is 0 Å². The molecule has 4 heteroatoms. The number of nitrogens with zero attached hydrogens (tertiary/aromatic N) is 1. The lowest BCUT2D eigenvalue weighted by Gasteiger charge is -2.53. The molecular formula is C16H23ClFNO. The highest BCUT2D eigenvalue weighted by Crippen LogP contribution is 2.38. The van der Waals surface area contributed by atoms with Crippen LogP contribution in [0, 0.1) is 5.82 Å². The summed E-state index contributed by atoms with van der Waals surface area (Å²) < 4.78 is 19.5. The van der Waals surface area contributed by atoms with Crippen molar-refractivity contribution in [3.05, 3.63) is 29.0 Å². The Kier molecular flexibility index (Phi) is 4.05. The molecule has 0 bridgehead atoms. The molecular weight excluding hydrogens is 277 g/mol. The number of ether oxygens (including phenoxy) is 1. The average Bonchev–Trinajstić information content (AvgIpc) is 2.30. The molecule has 1 aliphatic rings. The van der Waals surface area contributed by atoms with Gasteiger partial charge in [-0.3, -0.25) is 4.90 Å². The Balaban J connectivity index is 2.15. The molecule has 0 atom stereocenters. The lowest BCUT2D eigenvalue weighted by Crippen LogP contribution is -2.60. The van der Waals surface area contributed by atoms with Crippen LogP contribution in [0.15, 0.2) is 18.2 Å². The van der Waals surface area contributed by atoms with Crippen LogP contribution in [0.2, 0.25) is 5.02 Å². The highest BCUT2D eigenvalue weighted by molar-refractivity contribution is 6.30. The minimum Gasteiger partial charge on any atom is -0.490 e. The van der Waals surface area contributed by atoms with E-state index >= 15 is 0 Å². The van der Waals surface area contributed by atoms with Gasteiger partial charge in [-0.1, -0.05) is 11.6 Å². The van der Waals surface area contributed by atoms with Gasteiger partial charge in [0.15, 0.2) is 0 Å². The Hall–Kier alpha value is -0.800. The van der Waals surface area contributed by atoms with E-state index < -0.39 is 5.82 Å². The largest absolute Gasteiger partial charge is 0.490 e. The van der Waals surface area contributed by atoms with Gasteiger partial charge >= 0.3 is 0 Å². The highest BCUT2D eigenvalue weighted by atomic mass is 35.5. The van der Waals surface area contributed by atoms with E-state index in [2.05, 4.69) is 39.6 Å². The van der Waals surface area contributed by atoms with Crippen molar-refractivity contribution in [2.24, 2.45) is 0 Å². The number of benzene rings is 1. The topological polar surface area (TPSA) is 12.5 Å². The van der Waals surface area contributed by atoms with Crippen LogP contribution in [0.25, 0.3) is 0 Å². The zero-order valence-corrected chi connectivity index (χ0v) is 13.6. The van der Waals surface area contributed by atoms with E-state index in [-0.39, 0.29) is 22.2 Å². The molecule has 20 heavy (non-hydrogen) atoms. The third-order valence-electron chi connectivity index (χ3n) is 4.46. The summed E-state index contributed by atoms with van der Waals surface area (Å²) in [6.45, 7) is 8.86. The smallest absolute Gasteiger partial charge is 0.145 e. The molecule has 0 N–H and O–H groups in total. The quantitative estimate of drug-likeness (QED) is 0.796. The molecule has 0 saturated carbocycles. The van der Waals surface area contributed by atoms with Crippen molar-refractivity contribution in [2.45, 2.75) is 57.7 Å². The minimum absolute atomic E-state index is 0.0530. The number of hydrogen-bond donors (Lipinski definition) is 0. The van der Waals surface area contributed by atoms with Crippen LogP contribution in [0.4, 0.5) is 4.39 Å². The monoisotopic (exact) mass is 299 g/mol. The van der Waals surface area contributed by atoms with Gasteiger partial charge in [-0.25, -0.2) is 4.39 Å². The van der Waals surface area contributed by atoms with Crippen LogP contribution in [0.1, 0.15) is 40.5 Å². The molecule has 2 rings (SSSR count). The molecule has 112 valence electrons. The van der Waals surface area contributed by atoms with Gasteiger partial charge in [0.1, 0.15) is 17.7 Å². The van der Waals surface area contributed by atoms with Crippen LogP contribution in [0.5, 0.6) is 5.75 Å². The van der Waals surface area contributed by atoms with Gasteiger partial charge in [0.25, 0.3) is 0 Å². The highest BCUT2D eigenvalue weighted by Gasteiger charge is 2.43. The van der Waals surface area contributed by atoms with Crippen molar-refractivity contribution < 1.29 is 9.13 Å². The van der Waals surface area contributed by atoms with E-state index in [1.807, 2.05) is 0 Å². The Morgan fingerprint density at radius 2 is 1.75 bits per heavy atom. The maximum absolute atomic E-state index is 13.5. The summed E-state index contributed by atoms with van der Waals surface area (Å²) in [7, 11) is 2.15. The molecule has 0 spiro atoms. The third kappa shape index (κ3) is 3.09. The van der Waals surface area contributed by atoms with E-state index in [0.717, 1.165) is 12.8 Å². The van der Waals surface area contributed by atoms with Crippen molar-refractivity contribution in [3.63, 3.8) is 0 Å². The Labute approximate surface area is 125 Å². The maximum atomic E-state index is 13.5. The molecule has 0 unspecified atom stereocenters. The molecule has 0 aliphatic carbocycles. The second kappa shape index (κ2) is 5.19. The number of halogens is 2. The fourth-order valence-electron chi connectivity index (χ4n) is 3.11. The van der Waals surface area contributed by atoms with Crippen molar-refractivity contribution in [3.8, 4) is 5.75 Å². The first-order chi connectivity index (χ1) is 9.12. The fourth-order valence-corrected chi connectivity index (χ4v) is 3.22. The lowest BCUT2D eigenvalue weighted by molar-refractivity contribution is -0.0557. The van der Waals surface area contributed by atoms with Gasteiger partial charge in [-0.2, -0.15) is 0 Å². The normalized spacial score (nSPS) is 22.8. The predicted octanol–water partition coefficient (Wildman–Crippen LogP) is 4.51. The molecule has 1 aromatic rings. The molecule has 0 aromatic heterocycles. The van der Waals surface area contributed by atoms with Crippen LogP contribution in [-0.4, -0.2) is 29.1 Å². The van der Waals surface area contributed by atoms with E-state index in [0.29, 0.717) is 5.75 Å². The summed E-state index contributed by atoms with van der Waals surface area (Å²) in [5.41, 5.74) is 0.106. The van der Waals surface area contributed by atoms with Crippen molar-refractivity contribution >= 4 is 11.6 Å². The summed E-state index contributed by atoms with van der Waals surface area (Å²) in [6.07, 6.45) is 1.91. The van der Waals surface area contributed by atoms with Gasteiger partial charge in [0.2, 0.25) is 0 Å². The number of piperidine rings is 1. The first kappa shape index (κ1) is 15.6. The second-order valence-electron chi connectivity index (χ2n) is 6.91. The summed E-state index contributed by atoms with van der Waals surface area (Å²) in [5, 5.41) is 0.126. The fraction of sp³-hybridized carbons (Fsp3) is 0.625. The molecule has 1 fully saturated rings.